The molecule has 0 radical (unpaired) electrons. The molecule has 0 saturated carbocycles. The topological polar surface area (TPSA) is 12.5 Å². The predicted octanol–water partition coefficient (Wildman–Crippen LogP) is 3.80. The largest absolute Gasteiger partial charge is 0.368 e. The van der Waals surface area contributed by atoms with E-state index in [-0.39, 0.29) is 5.60 Å². The summed E-state index contributed by atoms with van der Waals surface area (Å²) in [6.07, 6.45) is 0. The second-order valence-corrected chi connectivity index (χ2v) is 6.17. The molecule has 1 unspecified atom stereocenters. The van der Waals surface area contributed by atoms with Crippen molar-refractivity contribution in [2.24, 2.45) is 0 Å². The average Bonchev–Trinajstić information content (AvgIpc) is 2.46. The fraction of sp³-hybridized carbons (Fsp3) is 0.444. The summed E-state index contributed by atoms with van der Waals surface area (Å²) in [4.78, 5) is 2.51. The van der Waals surface area contributed by atoms with E-state index in [9.17, 15) is 0 Å². The molecule has 0 aliphatic carbocycles. The second kappa shape index (κ2) is 5.19. The average molecular weight is 269 g/mol. The van der Waals surface area contributed by atoms with E-state index in [4.69, 9.17) is 4.74 Å². The van der Waals surface area contributed by atoms with Crippen molar-refractivity contribution in [1.29, 1.82) is 0 Å². The number of nitrogens with zero attached hydrogens (tertiary/aromatic N) is 1. The minimum Gasteiger partial charge on any atom is -0.368 e. The third-order valence-corrected chi connectivity index (χ3v) is 4.39. The first-order chi connectivity index (χ1) is 9.60. The summed E-state index contributed by atoms with van der Waals surface area (Å²) in [5.74, 6) is 0. The maximum Gasteiger partial charge on any atom is 0.104 e. The van der Waals surface area contributed by atoms with Gasteiger partial charge in [0.25, 0.3) is 0 Å². The van der Waals surface area contributed by atoms with E-state index >= 15 is 0 Å². The Morgan fingerprint density at radius 3 is 2.65 bits per heavy atom. The van der Waals surface area contributed by atoms with E-state index in [1.807, 2.05) is 0 Å². The maximum absolute atomic E-state index is 6.20. The zero-order chi connectivity index (χ0) is 14.2. The SMILES string of the molecule is CC(C)N1CCOC(C)(c2cccc3ccccc23)C1. The van der Waals surface area contributed by atoms with Crippen LogP contribution in [0.4, 0.5) is 0 Å². The number of ether oxygens (including phenoxy) is 1. The van der Waals surface area contributed by atoms with Gasteiger partial charge in [-0.15, -0.1) is 0 Å². The molecule has 1 atom stereocenters. The van der Waals surface area contributed by atoms with Gasteiger partial charge in [0.05, 0.1) is 6.61 Å². The Kier molecular flexibility index (Phi) is 3.53. The van der Waals surface area contributed by atoms with Crippen LogP contribution < -0.4 is 0 Å². The number of hydrogen-bond acceptors (Lipinski definition) is 2. The van der Waals surface area contributed by atoms with E-state index in [0.717, 1.165) is 19.7 Å². The van der Waals surface area contributed by atoms with E-state index in [1.165, 1.54) is 16.3 Å². The Hall–Kier alpha value is -1.38. The Morgan fingerprint density at radius 1 is 1.10 bits per heavy atom. The highest BCUT2D eigenvalue weighted by Gasteiger charge is 2.35. The fourth-order valence-electron chi connectivity index (χ4n) is 3.19. The molecular formula is C18H23NO. The van der Waals surface area contributed by atoms with Gasteiger partial charge in [-0.1, -0.05) is 42.5 Å². The van der Waals surface area contributed by atoms with Crippen molar-refractivity contribution in [1.82, 2.24) is 4.90 Å². The van der Waals surface area contributed by atoms with Crippen molar-refractivity contribution in [2.45, 2.75) is 32.4 Å². The lowest BCUT2D eigenvalue weighted by Gasteiger charge is -2.43. The minimum absolute atomic E-state index is 0.219. The van der Waals surface area contributed by atoms with Crippen LogP contribution in [0.2, 0.25) is 0 Å². The molecular weight excluding hydrogens is 246 g/mol. The fourth-order valence-corrected chi connectivity index (χ4v) is 3.19. The van der Waals surface area contributed by atoms with E-state index in [1.54, 1.807) is 0 Å². The second-order valence-electron chi connectivity index (χ2n) is 6.17. The van der Waals surface area contributed by atoms with Crippen LogP contribution in [-0.4, -0.2) is 30.6 Å². The molecule has 0 bridgehead atoms. The summed E-state index contributed by atoms with van der Waals surface area (Å²) < 4.78 is 6.20. The molecule has 2 aromatic carbocycles. The quantitative estimate of drug-likeness (QED) is 0.822. The molecule has 2 heteroatoms. The van der Waals surface area contributed by atoms with Gasteiger partial charge in [0.1, 0.15) is 5.60 Å². The van der Waals surface area contributed by atoms with Gasteiger partial charge in [-0.3, -0.25) is 4.90 Å². The summed E-state index contributed by atoms with van der Waals surface area (Å²) >= 11 is 0. The van der Waals surface area contributed by atoms with Crippen molar-refractivity contribution in [3.05, 3.63) is 48.0 Å². The molecule has 20 heavy (non-hydrogen) atoms. The number of rotatable bonds is 2. The highest BCUT2D eigenvalue weighted by molar-refractivity contribution is 5.86. The molecule has 0 spiro atoms. The van der Waals surface area contributed by atoms with Crippen molar-refractivity contribution in [3.8, 4) is 0 Å². The van der Waals surface area contributed by atoms with Crippen molar-refractivity contribution in [2.75, 3.05) is 19.7 Å². The molecule has 1 saturated heterocycles. The number of morpholine rings is 1. The van der Waals surface area contributed by atoms with Gasteiger partial charge in [-0.05, 0) is 37.1 Å². The van der Waals surface area contributed by atoms with Crippen LogP contribution >= 0.6 is 0 Å². The highest BCUT2D eigenvalue weighted by atomic mass is 16.5. The molecule has 2 nitrogen and oxygen atoms in total. The van der Waals surface area contributed by atoms with Crippen molar-refractivity contribution in [3.63, 3.8) is 0 Å². The highest BCUT2D eigenvalue weighted by Crippen LogP contribution is 2.34. The maximum atomic E-state index is 6.20. The lowest BCUT2D eigenvalue weighted by Crippen LogP contribution is -2.50. The van der Waals surface area contributed by atoms with Gasteiger partial charge in [0, 0.05) is 19.1 Å². The molecule has 3 rings (SSSR count). The van der Waals surface area contributed by atoms with E-state index in [0.29, 0.717) is 6.04 Å². The Labute approximate surface area is 121 Å². The molecule has 2 aromatic rings. The van der Waals surface area contributed by atoms with Crippen LogP contribution in [0.1, 0.15) is 26.3 Å². The summed E-state index contributed by atoms with van der Waals surface area (Å²) in [7, 11) is 0. The molecule has 1 fully saturated rings. The Morgan fingerprint density at radius 2 is 1.85 bits per heavy atom. The van der Waals surface area contributed by atoms with Gasteiger partial charge in [0.15, 0.2) is 0 Å². The lowest BCUT2D eigenvalue weighted by atomic mass is 9.89. The lowest BCUT2D eigenvalue weighted by molar-refractivity contribution is -0.109. The normalized spacial score (nSPS) is 24.4. The van der Waals surface area contributed by atoms with Gasteiger partial charge < -0.3 is 4.74 Å². The van der Waals surface area contributed by atoms with Gasteiger partial charge in [-0.25, -0.2) is 0 Å². The summed E-state index contributed by atoms with van der Waals surface area (Å²) in [6, 6.07) is 15.7. The first-order valence-corrected chi connectivity index (χ1v) is 7.46. The molecule has 1 aliphatic heterocycles. The third-order valence-electron chi connectivity index (χ3n) is 4.39. The minimum atomic E-state index is -0.219. The van der Waals surface area contributed by atoms with Crippen molar-refractivity contribution < 1.29 is 4.74 Å². The zero-order valence-electron chi connectivity index (χ0n) is 12.6. The first kappa shape index (κ1) is 13.6. The Bertz CT molecular complexity index is 602. The number of benzene rings is 2. The van der Waals surface area contributed by atoms with Gasteiger partial charge in [-0.2, -0.15) is 0 Å². The summed E-state index contributed by atoms with van der Waals surface area (Å²) in [5.41, 5.74) is 1.09. The third kappa shape index (κ3) is 2.34. The predicted molar refractivity (Wildman–Crippen MR) is 84.0 cm³/mol. The van der Waals surface area contributed by atoms with E-state index < -0.39 is 0 Å². The zero-order valence-corrected chi connectivity index (χ0v) is 12.6. The standard InChI is InChI=1S/C18H23NO/c1-14(2)19-11-12-20-18(3,13-19)17-10-6-8-15-7-4-5-9-16(15)17/h4-10,14H,11-13H2,1-3H3. The molecule has 0 amide bonds. The smallest absolute Gasteiger partial charge is 0.104 e. The van der Waals surface area contributed by atoms with Crippen LogP contribution in [0.5, 0.6) is 0 Å². The molecule has 0 N–H and O–H groups in total. The van der Waals surface area contributed by atoms with Gasteiger partial charge in [0.2, 0.25) is 0 Å². The van der Waals surface area contributed by atoms with Gasteiger partial charge >= 0.3 is 0 Å². The summed E-state index contributed by atoms with van der Waals surface area (Å²) in [5, 5.41) is 2.60. The van der Waals surface area contributed by atoms with Crippen LogP contribution in [-0.2, 0) is 10.3 Å². The number of hydrogen-bond donors (Lipinski definition) is 0. The van der Waals surface area contributed by atoms with Crippen molar-refractivity contribution >= 4 is 10.8 Å². The molecule has 0 aromatic heterocycles. The van der Waals surface area contributed by atoms with Crippen LogP contribution in [0.25, 0.3) is 10.8 Å². The monoisotopic (exact) mass is 269 g/mol. The van der Waals surface area contributed by atoms with Crippen LogP contribution in [0, 0.1) is 0 Å². The molecule has 106 valence electrons. The molecule has 1 heterocycles. The van der Waals surface area contributed by atoms with E-state index in [2.05, 4.69) is 68.1 Å². The summed E-state index contributed by atoms with van der Waals surface area (Å²) in [6.45, 7) is 9.53. The molecule has 1 aliphatic rings. The Balaban J connectivity index is 2.05. The number of fused-ring (bicyclic) bond motifs is 1. The van der Waals surface area contributed by atoms with Crippen LogP contribution in [0.15, 0.2) is 42.5 Å². The van der Waals surface area contributed by atoms with Crippen LogP contribution in [0.3, 0.4) is 0 Å². The first-order valence-electron chi connectivity index (χ1n) is 7.46.